The third-order valence-electron chi connectivity index (χ3n) is 5.50. The lowest BCUT2D eigenvalue weighted by molar-refractivity contribution is -0.140. The highest BCUT2D eigenvalue weighted by molar-refractivity contribution is 5.79. The molecule has 4 nitrogen and oxygen atoms in total. The third-order valence-corrected chi connectivity index (χ3v) is 5.50. The molecule has 0 aliphatic heterocycles. The second-order valence-electron chi connectivity index (χ2n) is 8.14. The van der Waals surface area contributed by atoms with E-state index in [1.165, 1.54) is 52.1 Å². The Morgan fingerprint density at radius 1 is 0.935 bits per heavy atom. The van der Waals surface area contributed by atoms with Crippen LogP contribution in [0.15, 0.2) is 41.4 Å². The van der Waals surface area contributed by atoms with Gasteiger partial charge in [0.25, 0.3) is 0 Å². The summed E-state index contributed by atoms with van der Waals surface area (Å²) < 4.78 is 9.89. The van der Waals surface area contributed by atoms with Crippen LogP contribution in [0.25, 0.3) is 0 Å². The first kappa shape index (κ1) is 26.9. The van der Waals surface area contributed by atoms with Crippen LogP contribution in [-0.4, -0.2) is 32.4 Å². The standard InChI is InChI=1S/C27H43NO3/c1-4-5-6-13-16-25(28-23-24-19-21-26(30-2)22-20-24)17-14-11-9-7-8-10-12-15-18-27(29)31-3/h11,14,19-23,25H,4-10,12-13,15-18H2,1-3H3/b14-11-,28-23?. The van der Waals surface area contributed by atoms with Gasteiger partial charge in [0.2, 0.25) is 0 Å². The summed E-state index contributed by atoms with van der Waals surface area (Å²) in [4.78, 5) is 16.0. The van der Waals surface area contributed by atoms with Crippen LogP contribution >= 0.6 is 0 Å². The minimum atomic E-state index is -0.0955. The average Bonchev–Trinajstić information content (AvgIpc) is 2.80. The number of ether oxygens (including phenoxy) is 2. The molecule has 0 fully saturated rings. The average molecular weight is 430 g/mol. The lowest BCUT2D eigenvalue weighted by Gasteiger charge is -2.10. The number of carbonyl (C=O) groups excluding carboxylic acids is 1. The van der Waals surface area contributed by atoms with Crippen LogP contribution < -0.4 is 4.74 Å². The van der Waals surface area contributed by atoms with E-state index >= 15 is 0 Å². The summed E-state index contributed by atoms with van der Waals surface area (Å²) >= 11 is 0. The largest absolute Gasteiger partial charge is 0.497 e. The van der Waals surface area contributed by atoms with Gasteiger partial charge in [0.05, 0.1) is 20.3 Å². The fourth-order valence-corrected chi connectivity index (χ4v) is 3.48. The predicted molar refractivity (Wildman–Crippen MR) is 131 cm³/mol. The van der Waals surface area contributed by atoms with Gasteiger partial charge < -0.3 is 9.47 Å². The molecule has 0 aliphatic rings. The van der Waals surface area contributed by atoms with Crippen LogP contribution in [0.4, 0.5) is 0 Å². The number of carbonyl (C=O) groups is 1. The monoisotopic (exact) mass is 429 g/mol. The predicted octanol–water partition coefficient (Wildman–Crippen LogP) is 7.30. The number of aliphatic imine (C=N–C) groups is 1. The summed E-state index contributed by atoms with van der Waals surface area (Å²) in [7, 11) is 3.14. The summed E-state index contributed by atoms with van der Waals surface area (Å²) in [6, 6.07) is 8.42. The highest BCUT2D eigenvalue weighted by Gasteiger charge is 2.04. The van der Waals surface area contributed by atoms with Crippen molar-refractivity contribution in [1.82, 2.24) is 0 Å². The second kappa shape index (κ2) is 18.7. The van der Waals surface area contributed by atoms with Crippen LogP contribution in [0, 0.1) is 0 Å². The zero-order valence-electron chi connectivity index (χ0n) is 20.0. The smallest absolute Gasteiger partial charge is 0.305 e. The Hall–Kier alpha value is -2.10. The number of hydrogen-bond donors (Lipinski definition) is 0. The Balaban J connectivity index is 2.32. The number of nitrogens with zero attached hydrogens (tertiary/aromatic N) is 1. The maximum Gasteiger partial charge on any atom is 0.305 e. The molecule has 1 aromatic rings. The van der Waals surface area contributed by atoms with Crippen molar-refractivity contribution in [1.29, 1.82) is 0 Å². The Morgan fingerprint density at radius 2 is 1.65 bits per heavy atom. The van der Waals surface area contributed by atoms with Gasteiger partial charge in [0.15, 0.2) is 0 Å². The molecular formula is C27H43NO3. The molecular weight excluding hydrogens is 386 g/mol. The summed E-state index contributed by atoms with van der Waals surface area (Å²) in [6.07, 6.45) is 21.3. The van der Waals surface area contributed by atoms with Crippen molar-refractivity contribution in [3.63, 3.8) is 0 Å². The SMILES string of the molecule is CCCCCCC(C/C=C\CCCCCCCC(=O)OC)N=Cc1ccc(OC)cc1. The van der Waals surface area contributed by atoms with E-state index in [9.17, 15) is 4.79 Å². The van der Waals surface area contributed by atoms with E-state index in [1.807, 2.05) is 18.3 Å². The lowest BCUT2D eigenvalue weighted by Crippen LogP contribution is -2.04. The van der Waals surface area contributed by atoms with Crippen molar-refractivity contribution in [3.05, 3.63) is 42.0 Å². The zero-order valence-corrected chi connectivity index (χ0v) is 20.0. The van der Waals surface area contributed by atoms with Crippen molar-refractivity contribution < 1.29 is 14.3 Å². The first-order valence-corrected chi connectivity index (χ1v) is 12.1. The van der Waals surface area contributed by atoms with E-state index in [0.29, 0.717) is 12.5 Å². The van der Waals surface area contributed by atoms with E-state index in [2.05, 4.69) is 35.9 Å². The maximum atomic E-state index is 11.1. The molecule has 174 valence electrons. The summed E-state index contributed by atoms with van der Waals surface area (Å²) in [5.74, 6) is 0.779. The Morgan fingerprint density at radius 3 is 2.35 bits per heavy atom. The maximum absolute atomic E-state index is 11.1. The van der Waals surface area contributed by atoms with Gasteiger partial charge in [-0.3, -0.25) is 9.79 Å². The van der Waals surface area contributed by atoms with Crippen LogP contribution in [0.2, 0.25) is 0 Å². The van der Waals surface area contributed by atoms with Crippen LogP contribution in [0.3, 0.4) is 0 Å². The van der Waals surface area contributed by atoms with E-state index in [-0.39, 0.29) is 5.97 Å². The lowest BCUT2D eigenvalue weighted by atomic mass is 10.0. The number of rotatable bonds is 18. The van der Waals surface area contributed by atoms with E-state index in [4.69, 9.17) is 9.73 Å². The van der Waals surface area contributed by atoms with Gasteiger partial charge in [-0.15, -0.1) is 0 Å². The Labute approximate surface area is 190 Å². The molecule has 1 rings (SSSR count). The Bertz CT molecular complexity index is 622. The van der Waals surface area contributed by atoms with E-state index in [0.717, 1.165) is 43.4 Å². The second-order valence-corrected chi connectivity index (χ2v) is 8.14. The molecule has 1 atom stereocenters. The molecule has 0 saturated heterocycles. The molecule has 0 N–H and O–H groups in total. The highest BCUT2D eigenvalue weighted by Crippen LogP contribution is 2.15. The van der Waals surface area contributed by atoms with Crippen LogP contribution in [0.5, 0.6) is 5.75 Å². The third kappa shape index (κ3) is 14.5. The number of hydrogen-bond acceptors (Lipinski definition) is 4. The number of benzene rings is 1. The van der Waals surface area contributed by atoms with Gasteiger partial charge in [-0.05, 0) is 61.9 Å². The van der Waals surface area contributed by atoms with Gasteiger partial charge in [-0.25, -0.2) is 0 Å². The zero-order chi connectivity index (χ0) is 22.6. The number of unbranched alkanes of at least 4 members (excludes halogenated alkanes) is 8. The van der Waals surface area contributed by atoms with Crippen LogP contribution in [-0.2, 0) is 9.53 Å². The van der Waals surface area contributed by atoms with Crippen LogP contribution in [0.1, 0.15) is 96.0 Å². The first-order valence-electron chi connectivity index (χ1n) is 12.1. The molecule has 31 heavy (non-hydrogen) atoms. The molecule has 0 saturated carbocycles. The number of methoxy groups -OCH3 is 2. The minimum absolute atomic E-state index is 0.0955. The quantitative estimate of drug-likeness (QED) is 0.106. The molecule has 0 radical (unpaired) electrons. The molecule has 0 aromatic heterocycles. The number of esters is 1. The molecule has 0 aliphatic carbocycles. The van der Waals surface area contributed by atoms with Crippen molar-refractivity contribution in [2.24, 2.45) is 4.99 Å². The fraction of sp³-hybridized carbons (Fsp3) is 0.630. The van der Waals surface area contributed by atoms with Gasteiger partial charge in [-0.2, -0.15) is 0 Å². The van der Waals surface area contributed by atoms with Crippen molar-refractivity contribution in [2.45, 2.75) is 96.4 Å². The highest BCUT2D eigenvalue weighted by atomic mass is 16.5. The summed E-state index contributed by atoms with van der Waals surface area (Å²) in [5.41, 5.74) is 1.12. The van der Waals surface area contributed by atoms with Gasteiger partial charge in [-0.1, -0.05) is 64.0 Å². The fourth-order valence-electron chi connectivity index (χ4n) is 3.48. The summed E-state index contributed by atoms with van der Waals surface area (Å²) in [6.45, 7) is 2.25. The molecule has 1 aromatic carbocycles. The molecule has 1 unspecified atom stereocenters. The minimum Gasteiger partial charge on any atom is -0.497 e. The topological polar surface area (TPSA) is 47.9 Å². The summed E-state index contributed by atoms with van der Waals surface area (Å²) in [5, 5.41) is 0. The first-order chi connectivity index (χ1) is 15.2. The van der Waals surface area contributed by atoms with Gasteiger partial charge >= 0.3 is 5.97 Å². The van der Waals surface area contributed by atoms with Gasteiger partial charge in [0, 0.05) is 12.6 Å². The van der Waals surface area contributed by atoms with Crippen molar-refractivity contribution in [2.75, 3.05) is 14.2 Å². The molecule has 4 heteroatoms. The van der Waals surface area contributed by atoms with Crippen molar-refractivity contribution in [3.8, 4) is 5.75 Å². The Kier molecular flexibility index (Phi) is 16.2. The molecule has 0 amide bonds. The molecule has 0 bridgehead atoms. The number of allylic oxidation sites excluding steroid dienone is 1. The van der Waals surface area contributed by atoms with Gasteiger partial charge in [0.1, 0.15) is 5.75 Å². The van der Waals surface area contributed by atoms with E-state index in [1.54, 1.807) is 7.11 Å². The molecule has 0 spiro atoms. The van der Waals surface area contributed by atoms with E-state index < -0.39 is 0 Å². The van der Waals surface area contributed by atoms with Crippen molar-refractivity contribution >= 4 is 12.2 Å². The normalized spacial score (nSPS) is 12.5. The molecule has 0 heterocycles.